The van der Waals surface area contributed by atoms with Crippen LogP contribution in [-0.2, 0) is 28.4 Å². The van der Waals surface area contributed by atoms with Gasteiger partial charge in [-0.05, 0) is 58.9 Å². The second-order valence-electron chi connectivity index (χ2n) is 12.3. The number of aromatic nitrogens is 5. The van der Waals surface area contributed by atoms with Crippen LogP contribution in [0.2, 0.25) is 0 Å². The Kier molecular flexibility index (Phi) is 6.53. The van der Waals surface area contributed by atoms with Crippen LogP contribution in [0.4, 0.5) is 4.39 Å². The monoisotopic (exact) mass is 568 g/mol. The van der Waals surface area contributed by atoms with Gasteiger partial charge in [0.05, 0.1) is 24.1 Å². The molecule has 220 valence electrons. The highest BCUT2D eigenvalue weighted by Gasteiger charge is 2.48. The molecule has 4 aliphatic rings. The van der Waals surface area contributed by atoms with E-state index in [1.807, 2.05) is 18.9 Å². The van der Waals surface area contributed by atoms with Crippen LogP contribution in [0.15, 0.2) is 9.32 Å². The quantitative estimate of drug-likeness (QED) is 0.457. The van der Waals surface area contributed by atoms with E-state index < -0.39 is 23.7 Å². The van der Waals surface area contributed by atoms with Gasteiger partial charge in [-0.1, -0.05) is 11.6 Å². The third-order valence-electron chi connectivity index (χ3n) is 9.84. The Morgan fingerprint density at radius 3 is 2.66 bits per heavy atom. The molecule has 0 aromatic carbocycles. The Hall–Kier alpha value is -3.12. The van der Waals surface area contributed by atoms with Crippen molar-refractivity contribution in [3.63, 3.8) is 0 Å². The normalized spacial score (nSPS) is 29.5. The fourth-order valence-electron chi connectivity index (χ4n) is 7.68. The van der Waals surface area contributed by atoms with E-state index in [-0.39, 0.29) is 29.2 Å². The van der Waals surface area contributed by atoms with Gasteiger partial charge >= 0.3 is 5.69 Å². The number of rotatable bonds is 5. The molecule has 5 heterocycles. The maximum Gasteiger partial charge on any atom is 0.330 e. The molecule has 7 rings (SSSR count). The average molecular weight is 569 g/mol. The second kappa shape index (κ2) is 10.0. The first kappa shape index (κ1) is 26.8. The highest BCUT2D eigenvalue weighted by molar-refractivity contribution is 5.91. The van der Waals surface area contributed by atoms with E-state index in [1.165, 1.54) is 4.57 Å². The fourth-order valence-corrected chi connectivity index (χ4v) is 7.68. The number of likely N-dealkylation sites (tertiary alicyclic amines) is 1. The molecular formula is C29H37FN6O5. The van der Waals surface area contributed by atoms with Crippen molar-refractivity contribution in [2.75, 3.05) is 26.8 Å². The summed E-state index contributed by atoms with van der Waals surface area (Å²) in [5.41, 5.74) is 1.59. The lowest BCUT2D eigenvalue weighted by Crippen LogP contribution is -2.43. The minimum Gasteiger partial charge on any atom is -0.471 e. The van der Waals surface area contributed by atoms with Gasteiger partial charge in [-0.25, -0.2) is 14.2 Å². The number of alkyl halides is 1. The SMILES string of the molecule is C[C@H](Oc1nc(-c2onc3c2CCC[C@@]32CCCCC2=O)nc2c1n(C)c(=O)n2[C@@H]1CCOC1)[C@@H]1[C@H](F)CCN1C. The Labute approximate surface area is 237 Å². The number of carbonyl (C=O) groups excluding carboxylic acids is 1. The van der Waals surface area contributed by atoms with Crippen LogP contribution in [0, 0.1) is 0 Å². The molecule has 3 aromatic heterocycles. The van der Waals surface area contributed by atoms with E-state index in [2.05, 4.69) is 5.16 Å². The van der Waals surface area contributed by atoms with Crippen LogP contribution >= 0.6 is 0 Å². The lowest BCUT2D eigenvalue weighted by atomic mass is 9.64. The zero-order chi connectivity index (χ0) is 28.5. The molecule has 0 amide bonds. The number of fused-ring (bicyclic) bond motifs is 3. The maximum absolute atomic E-state index is 14.9. The van der Waals surface area contributed by atoms with E-state index >= 15 is 0 Å². The van der Waals surface area contributed by atoms with E-state index in [1.54, 1.807) is 11.6 Å². The first-order chi connectivity index (χ1) is 19.8. The van der Waals surface area contributed by atoms with Crippen molar-refractivity contribution in [2.24, 2.45) is 7.05 Å². The first-order valence-electron chi connectivity index (χ1n) is 14.9. The zero-order valence-electron chi connectivity index (χ0n) is 23.9. The van der Waals surface area contributed by atoms with Gasteiger partial charge in [0.15, 0.2) is 11.2 Å². The number of ketones is 1. The van der Waals surface area contributed by atoms with E-state index in [4.69, 9.17) is 24.0 Å². The van der Waals surface area contributed by atoms with Crippen molar-refractivity contribution < 1.29 is 23.2 Å². The number of imidazole rings is 1. The van der Waals surface area contributed by atoms with Crippen molar-refractivity contribution >= 4 is 16.9 Å². The van der Waals surface area contributed by atoms with Crippen LogP contribution in [0.5, 0.6) is 5.88 Å². The molecule has 3 fully saturated rings. The number of ether oxygens (including phenoxy) is 2. The van der Waals surface area contributed by atoms with Crippen LogP contribution in [0.25, 0.3) is 22.7 Å². The highest BCUT2D eigenvalue weighted by atomic mass is 19.1. The molecule has 0 N–H and O–H groups in total. The lowest BCUT2D eigenvalue weighted by Gasteiger charge is -2.37. The smallest absolute Gasteiger partial charge is 0.330 e. The van der Waals surface area contributed by atoms with Gasteiger partial charge in [-0.15, -0.1) is 0 Å². The summed E-state index contributed by atoms with van der Waals surface area (Å²) in [6.07, 6.45) is 5.11. The van der Waals surface area contributed by atoms with E-state index in [9.17, 15) is 14.0 Å². The molecule has 2 aliphatic heterocycles. The van der Waals surface area contributed by atoms with Crippen LogP contribution in [-0.4, -0.2) is 80.1 Å². The minimum absolute atomic E-state index is 0.179. The maximum atomic E-state index is 14.9. The van der Waals surface area contributed by atoms with Gasteiger partial charge in [-0.2, -0.15) is 4.98 Å². The van der Waals surface area contributed by atoms with Gasteiger partial charge in [0.1, 0.15) is 23.8 Å². The fraction of sp³-hybridized carbons (Fsp3) is 0.690. The summed E-state index contributed by atoms with van der Waals surface area (Å²) in [5.74, 6) is 1.09. The van der Waals surface area contributed by atoms with Gasteiger partial charge in [-0.3, -0.25) is 18.8 Å². The largest absolute Gasteiger partial charge is 0.471 e. The summed E-state index contributed by atoms with van der Waals surface area (Å²) < 4.78 is 36.0. The molecule has 0 radical (unpaired) electrons. The summed E-state index contributed by atoms with van der Waals surface area (Å²) in [6.45, 7) is 3.44. The Bertz CT molecular complexity index is 1550. The number of hydrogen-bond acceptors (Lipinski definition) is 9. The summed E-state index contributed by atoms with van der Waals surface area (Å²) in [4.78, 5) is 38.4. The van der Waals surface area contributed by atoms with E-state index in [0.717, 1.165) is 37.7 Å². The van der Waals surface area contributed by atoms with Gasteiger partial charge < -0.3 is 14.0 Å². The highest BCUT2D eigenvalue weighted by Crippen LogP contribution is 2.47. The molecular weight excluding hydrogens is 531 g/mol. The molecule has 0 unspecified atom stereocenters. The predicted molar refractivity (Wildman–Crippen MR) is 147 cm³/mol. The average Bonchev–Trinajstić information content (AvgIpc) is 3.74. The van der Waals surface area contributed by atoms with Crippen molar-refractivity contribution in [1.82, 2.24) is 29.2 Å². The lowest BCUT2D eigenvalue weighted by molar-refractivity contribution is -0.127. The molecule has 41 heavy (non-hydrogen) atoms. The molecule has 1 spiro atoms. The number of Topliss-reactive ketones (excluding diaryl/α,β-unsaturated/α-hetero) is 1. The Balaban J connectivity index is 1.39. The molecule has 2 saturated heterocycles. The molecule has 1 saturated carbocycles. The number of hydrogen-bond donors (Lipinski definition) is 0. The van der Waals surface area contributed by atoms with Crippen molar-refractivity contribution in [1.29, 1.82) is 0 Å². The molecule has 5 atom stereocenters. The number of nitrogens with zero attached hydrogens (tertiary/aromatic N) is 6. The summed E-state index contributed by atoms with van der Waals surface area (Å²) in [7, 11) is 3.56. The predicted octanol–water partition coefficient (Wildman–Crippen LogP) is 3.27. The van der Waals surface area contributed by atoms with Crippen LogP contribution in [0.1, 0.15) is 75.6 Å². The number of halogens is 1. The standard InChI is InChI=1S/C29H37FN6O5/c1-16(21-19(30)9-13-34(21)2)40-27-22-26(36(28(38)35(22)3)17-10-14-39-15-17)31-25(32-27)23-18-7-6-12-29(24(18)33-41-23)11-5-4-8-20(29)37/h16-17,19,21H,4-15H2,1-3H3/t16-,17+,19+,21+,29+/m0/s1. The zero-order valence-corrected chi connectivity index (χ0v) is 23.9. The number of likely N-dealkylation sites (N-methyl/N-ethyl adjacent to an activating group) is 1. The topological polar surface area (TPSA) is 118 Å². The van der Waals surface area contributed by atoms with Crippen molar-refractivity contribution in [3.8, 4) is 17.5 Å². The van der Waals surface area contributed by atoms with Crippen LogP contribution in [0.3, 0.4) is 0 Å². The van der Waals surface area contributed by atoms with Crippen molar-refractivity contribution in [3.05, 3.63) is 21.7 Å². The van der Waals surface area contributed by atoms with Gasteiger partial charge in [0, 0.05) is 32.2 Å². The Morgan fingerprint density at radius 2 is 1.93 bits per heavy atom. The molecule has 11 nitrogen and oxygen atoms in total. The van der Waals surface area contributed by atoms with Gasteiger partial charge in [0.2, 0.25) is 17.5 Å². The molecule has 3 aromatic rings. The third-order valence-corrected chi connectivity index (χ3v) is 9.84. The molecule has 2 aliphatic carbocycles. The summed E-state index contributed by atoms with van der Waals surface area (Å²) >= 11 is 0. The minimum atomic E-state index is -1.03. The molecule has 0 bridgehead atoms. The Morgan fingerprint density at radius 1 is 1.10 bits per heavy atom. The van der Waals surface area contributed by atoms with Crippen molar-refractivity contribution in [2.45, 2.75) is 94.5 Å². The first-order valence-corrected chi connectivity index (χ1v) is 14.9. The summed E-state index contributed by atoms with van der Waals surface area (Å²) in [6, 6.07) is -0.622. The number of carbonyl (C=O) groups is 1. The number of aryl methyl sites for hydroxylation is 1. The second-order valence-corrected chi connectivity index (χ2v) is 12.3. The van der Waals surface area contributed by atoms with E-state index in [0.29, 0.717) is 68.1 Å². The van der Waals surface area contributed by atoms with Gasteiger partial charge in [0.25, 0.3) is 0 Å². The molecule has 12 heteroatoms. The third kappa shape index (κ3) is 4.08. The van der Waals surface area contributed by atoms with Crippen LogP contribution < -0.4 is 10.4 Å². The summed E-state index contributed by atoms with van der Waals surface area (Å²) in [5, 5.41) is 4.47.